The maximum Gasteiger partial charge on any atom is 0.0851 e. The summed E-state index contributed by atoms with van der Waals surface area (Å²) >= 11 is 1.56. The van der Waals surface area contributed by atoms with Crippen LogP contribution in [0.1, 0.15) is 19.4 Å². The summed E-state index contributed by atoms with van der Waals surface area (Å²) in [7, 11) is 0. The minimum Gasteiger partial charge on any atom is -0.396 e. The van der Waals surface area contributed by atoms with Crippen LogP contribution in [0.5, 0.6) is 0 Å². The summed E-state index contributed by atoms with van der Waals surface area (Å²) in [4.78, 5) is 1.04. The highest BCUT2D eigenvalue weighted by Crippen LogP contribution is 2.30. The number of rotatable bonds is 4. The van der Waals surface area contributed by atoms with Gasteiger partial charge in [-0.25, -0.2) is 0 Å². The number of hydrogen-bond donors (Lipinski definition) is 2. The van der Waals surface area contributed by atoms with Crippen molar-refractivity contribution in [1.29, 1.82) is 0 Å². The lowest BCUT2D eigenvalue weighted by Gasteiger charge is -2.20. The number of thioether (sulfide) groups is 1. The van der Waals surface area contributed by atoms with Gasteiger partial charge in [0, 0.05) is 10.6 Å². The van der Waals surface area contributed by atoms with Crippen LogP contribution in [0.3, 0.4) is 0 Å². The predicted octanol–water partition coefficient (Wildman–Crippen LogP) is 2.00. The number of hydrogen-bond acceptors (Lipinski definition) is 3. The lowest BCUT2D eigenvalue weighted by molar-refractivity contribution is 0.0757. The molecule has 0 unspecified atom stereocenters. The third kappa shape index (κ3) is 3.01. The smallest absolute Gasteiger partial charge is 0.0851 e. The first kappa shape index (κ1) is 11.6. The predicted molar refractivity (Wildman–Crippen MR) is 59.5 cm³/mol. The Balaban J connectivity index is 2.92. The van der Waals surface area contributed by atoms with Crippen molar-refractivity contribution in [2.24, 2.45) is 0 Å². The second-order valence-electron chi connectivity index (χ2n) is 3.63. The van der Waals surface area contributed by atoms with Crippen LogP contribution in [0, 0.1) is 0 Å². The molecule has 78 valence electrons. The quantitative estimate of drug-likeness (QED) is 0.750. The van der Waals surface area contributed by atoms with Gasteiger partial charge in [0.2, 0.25) is 0 Å². The molecule has 14 heavy (non-hydrogen) atoms. The van der Waals surface area contributed by atoms with Crippen LogP contribution < -0.4 is 0 Å². The van der Waals surface area contributed by atoms with Gasteiger partial charge >= 0.3 is 0 Å². The van der Waals surface area contributed by atoms with E-state index in [0.717, 1.165) is 10.5 Å². The van der Waals surface area contributed by atoms with E-state index in [2.05, 4.69) is 0 Å². The largest absolute Gasteiger partial charge is 0.396 e. The van der Waals surface area contributed by atoms with E-state index in [-0.39, 0.29) is 6.61 Å². The van der Waals surface area contributed by atoms with E-state index in [0.29, 0.717) is 5.75 Å². The zero-order valence-corrected chi connectivity index (χ0v) is 9.34. The Morgan fingerprint density at radius 2 is 1.93 bits per heavy atom. The molecule has 0 saturated heterocycles. The molecule has 0 fully saturated rings. The van der Waals surface area contributed by atoms with Gasteiger partial charge in [-0.1, -0.05) is 18.2 Å². The van der Waals surface area contributed by atoms with Crippen molar-refractivity contribution >= 4 is 11.8 Å². The molecule has 0 aliphatic carbocycles. The van der Waals surface area contributed by atoms with Crippen molar-refractivity contribution in [2.45, 2.75) is 24.3 Å². The SMILES string of the molecule is CC(C)(O)c1ccccc1SCCO. The molecule has 2 N–H and O–H groups in total. The molecule has 0 radical (unpaired) electrons. The van der Waals surface area contributed by atoms with Crippen LogP contribution in [-0.4, -0.2) is 22.6 Å². The van der Waals surface area contributed by atoms with Crippen LogP contribution in [0.15, 0.2) is 29.2 Å². The molecule has 0 aromatic heterocycles. The van der Waals surface area contributed by atoms with E-state index < -0.39 is 5.60 Å². The van der Waals surface area contributed by atoms with Crippen molar-refractivity contribution in [3.8, 4) is 0 Å². The lowest BCUT2D eigenvalue weighted by Crippen LogP contribution is -2.16. The van der Waals surface area contributed by atoms with E-state index in [9.17, 15) is 5.11 Å². The molecule has 0 aliphatic heterocycles. The molecule has 0 atom stereocenters. The number of aliphatic hydroxyl groups is 2. The van der Waals surface area contributed by atoms with Gasteiger partial charge in [0.25, 0.3) is 0 Å². The monoisotopic (exact) mass is 212 g/mol. The minimum absolute atomic E-state index is 0.158. The summed E-state index contributed by atoms with van der Waals surface area (Å²) in [6.45, 7) is 3.70. The van der Waals surface area contributed by atoms with Gasteiger partial charge in [-0.15, -0.1) is 11.8 Å². The highest BCUT2D eigenvalue weighted by Gasteiger charge is 2.19. The van der Waals surface area contributed by atoms with Gasteiger partial charge in [-0.2, -0.15) is 0 Å². The lowest BCUT2D eigenvalue weighted by atomic mass is 9.99. The molecule has 1 aromatic rings. The fraction of sp³-hybridized carbons (Fsp3) is 0.455. The normalized spacial score (nSPS) is 11.7. The average molecular weight is 212 g/mol. The molecular weight excluding hydrogens is 196 g/mol. The fourth-order valence-electron chi connectivity index (χ4n) is 1.25. The van der Waals surface area contributed by atoms with Crippen LogP contribution in [0.2, 0.25) is 0 Å². The van der Waals surface area contributed by atoms with Gasteiger partial charge in [-0.3, -0.25) is 0 Å². The fourth-order valence-corrected chi connectivity index (χ4v) is 2.21. The molecular formula is C11H16O2S. The van der Waals surface area contributed by atoms with E-state index in [1.54, 1.807) is 25.6 Å². The minimum atomic E-state index is -0.820. The van der Waals surface area contributed by atoms with Crippen molar-refractivity contribution in [2.75, 3.05) is 12.4 Å². The second kappa shape index (κ2) is 4.82. The topological polar surface area (TPSA) is 40.5 Å². The van der Waals surface area contributed by atoms with E-state index in [1.165, 1.54) is 0 Å². The maximum absolute atomic E-state index is 9.89. The Bertz CT molecular complexity index is 292. The first-order valence-electron chi connectivity index (χ1n) is 4.61. The second-order valence-corrected chi connectivity index (χ2v) is 4.76. The molecule has 1 rings (SSSR count). The third-order valence-electron chi connectivity index (χ3n) is 1.90. The first-order valence-corrected chi connectivity index (χ1v) is 5.60. The molecule has 3 heteroatoms. The zero-order valence-electron chi connectivity index (χ0n) is 8.53. The third-order valence-corrected chi connectivity index (χ3v) is 2.95. The molecule has 0 amide bonds. The first-order chi connectivity index (χ1) is 6.55. The van der Waals surface area contributed by atoms with Crippen molar-refractivity contribution in [1.82, 2.24) is 0 Å². The Kier molecular flexibility index (Phi) is 3.98. The van der Waals surface area contributed by atoms with Crippen LogP contribution in [-0.2, 0) is 5.60 Å². The average Bonchev–Trinajstić information content (AvgIpc) is 2.14. The zero-order chi connectivity index (χ0) is 10.6. The Morgan fingerprint density at radius 1 is 1.29 bits per heavy atom. The Hall–Kier alpha value is -0.510. The molecule has 2 nitrogen and oxygen atoms in total. The van der Waals surface area contributed by atoms with Crippen LogP contribution in [0.25, 0.3) is 0 Å². The van der Waals surface area contributed by atoms with Gasteiger partial charge in [-0.05, 0) is 25.5 Å². The van der Waals surface area contributed by atoms with Gasteiger partial charge in [0.05, 0.1) is 12.2 Å². The summed E-state index contributed by atoms with van der Waals surface area (Å²) in [5.74, 6) is 0.660. The highest BCUT2D eigenvalue weighted by molar-refractivity contribution is 7.99. The number of aliphatic hydroxyl groups excluding tert-OH is 1. The standard InChI is InChI=1S/C11H16O2S/c1-11(2,13)9-5-3-4-6-10(9)14-8-7-12/h3-6,12-13H,7-8H2,1-2H3. The van der Waals surface area contributed by atoms with E-state index in [4.69, 9.17) is 5.11 Å². The Morgan fingerprint density at radius 3 is 2.50 bits per heavy atom. The molecule has 0 heterocycles. The molecule has 0 spiro atoms. The van der Waals surface area contributed by atoms with Gasteiger partial charge in [0.15, 0.2) is 0 Å². The van der Waals surface area contributed by atoms with Crippen LogP contribution in [0.4, 0.5) is 0 Å². The molecule has 1 aromatic carbocycles. The summed E-state index contributed by atoms with van der Waals surface area (Å²) < 4.78 is 0. The van der Waals surface area contributed by atoms with Crippen molar-refractivity contribution < 1.29 is 10.2 Å². The Labute approximate surface area is 89.0 Å². The highest BCUT2D eigenvalue weighted by atomic mass is 32.2. The maximum atomic E-state index is 9.89. The molecule has 0 bridgehead atoms. The van der Waals surface area contributed by atoms with E-state index >= 15 is 0 Å². The van der Waals surface area contributed by atoms with Crippen molar-refractivity contribution in [3.05, 3.63) is 29.8 Å². The summed E-state index contributed by atoms with van der Waals surface area (Å²) in [6.07, 6.45) is 0. The van der Waals surface area contributed by atoms with E-state index in [1.807, 2.05) is 24.3 Å². The van der Waals surface area contributed by atoms with Gasteiger partial charge in [0.1, 0.15) is 0 Å². The summed E-state index contributed by atoms with van der Waals surface area (Å²) in [6, 6.07) is 7.73. The number of benzene rings is 1. The van der Waals surface area contributed by atoms with Crippen molar-refractivity contribution in [3.63, 3.8) is 0 Å². The molecule has 0 saturated carbocycles. The molecule has 0 aliphatic rings. The van der Waals surface area contributed by atoms with Gasteiger partial charge < -0.3 is 10.2 Å². The summed E-state index contributed by atoms with van der Waals surface area (Å²) in [5.41, 5.74) is 0.0948. The van der Waals surface area contributed by atoms with Crippen LogP contribution >= 0.6 is 11.8 Å². The summed E-state index contributed by atoms with van der Waals surface area (Å²) in [5, 5.41) is 18.6.